The highest BCUT2D eigenvalue weighted by atomic mass is 35.5. The maximum absolute atomic E-state index is 12.1. The quantitative estimate of drug-likeness (QED) is 0.575. The van der Waals surface area contributed by atoms with Crippen molar-refractivity contribution in [1.82, 2.24) is 5.32 Å². The molecule has 4 nitrogen and oxygen atoms in total. The second-order valence-corrected chi connectivity index (χ2v) is 8.30. The van der Waals surface area contributed by atoms with Gasteiger partial charge in [0.25, 0.3) is 0 Å². The molecule has 0 saturated heterocycles. The third-order valence-electron chi connectivity index (χ3n) is 3.58. The van der Waals surface area contributed by atoms with Crippen LogP contribution in [0.25, 0.3) is 0 Å². The minimum atomic E-state index is -0.390. The molecule has 1 aliphatic heterocycles. The van der Waals surface area contributed by atoms with E-state index in [1.165, 1.54) is 11.8 Å². The van der Waals surface area contributed by atoms with Crippen LogP contribution in [0, 0.1) is 0 Å². The first-order valence-corrected chi connectivity index (χ1v) is 10.1. The summed E-state index contributed by atoms with van der Waals surface area (Å²) in [5.41, 5.74) is 0.813. The summed E-state index contributed by atoms with van der Waals surface area (Å²) in [4.78, 5) is 26.3. The summed E-state index contributed by atoms with van der Waals surface area (Å²) < 4.78 is 0. The molecule has 0 unspecified atom stereocenters. The van der Waals surface area contributed by atoms with Gasteiger partial charge >= 0.3 is 0 Å². The van der Waals surface area contributed by atoms with Crippen LogP contribution in [-0.2, 0) is 9.59 Å². The highest BCUT2D eigenvalue weighted by Gasteiger charge is 2.28. The highest BCUT2D eigenvalue weighted by Crippen LogP contribution is 2.36. The fraction of sp³-hybridized carbons (Fsp3) is 0.222. The van der Waals surface area contributed by atoms with Crippen molar-refractivity contribution < 1.29 is 9.59 Å². The van der Waals surface area contributed by atoms with Crippen molar-refractivity contribution in [3.63, 3.8) is 0 Å². The predicted octanol–water partition coefficient (Wildman–Crippen LogP) is 4.05. The van der Waals surface area contributed by atoms with E-state index in [2.05, 4.69) is 10.6 Å². The molecule has 0 spiro atoms. The first-order chi connectivity index (χ1) is 12.1. The number of carbonyl (C=O) groups is 2. The topological polar surface area (TPSA) is 58.2 Å². The van der Waals surface area contributed by atoms with E-state index in [-0.39, 0.29) is 23.5 Å². The van der Waals surface area contributed by atoms with Gasteiger partial charge < -0.3 is 10.6 Å². The number of benzene rings is 2. The Bertz CT molecular complexity index is 768. The molecule has 2 N–H and O–H groups in total. The molecule has 3 rings (SSSR count). The van der Waals surface area contributed by atoms with Gasteiger partial charge in [0.2, 0.25) is 11.8 Å². The van der Waals surface area contributed by atoms with Gasteiger partial charge in [-0.05, 0) is 36.4 Å². The molecule has 0 aromatic heterocycles. The molecule has 25 heavy (non-hydrogen) atoms. The fourth-order valence-electron chi connectivity index (χ4n) is 2.36. The second-order valence-electron chi connectivity index (χ2n) is 5.45. The summed E-state index contributed by atoms with van der Waals surface area (Å²) in [6.45, 7) is 0.557. The number of para-hydroxylation sites is 1. The van der Waals surface area contributed by atoms with Crippen LogP contribution in [0.3, 0.4) is 0 Å². The van der Waals surface area contributed by atoms with Crippen molar-refractivity contribution in [3.05, 3.63) is 53.6 Å². The lowest BCUT2D eigenvalue weighted by atomic mass is 10.2. The van der Waals surface area contributed by atoms with E-state index < -0.39 is 0 Å². The number of halogens is 1. The average Bonchev–Trinajstić information content (AvgIpc) is 2.61. The van der Waals surface area contributed by atoms with E-state index >= 15 is 0 Å². The van der Waals surface area contributed by atoms with Crippen molar-refractivity contribution >= 4 is 52.6 Å². The van der Waals surface area contributed by atoms with Crippen LogP contribution < -0.4 is 10.6 Å². The predicted molar refractivity (Wildman–Crippen MR) is 105 cm³/mol. The molecule has 1 heterocycles. The summed E-state index contributed by atoms with van der Waals surface area (Å²) in [5.74, 6) is 0.540. The van der Waals surface area contributed by atoms with Gasteiger partial charge in [-0.15, -0.1) is 23.5 Å². The van der Waals surface area contributed by atoms with Gasteiger partial charge in [-0.1, -0.05) is 23.7 Å². The van der Waals surface area contributed by atoms with Gasteiger partial charge in [-0.25, -0.2) is 0 Å². The Hall–Kier alpha value is -1.63. The normalized spacial score (nSPS) is 16.0. The van der Waals surface area contributed by atoms with Crippen molar-refractivity contribution in [1.29, 1.82) is 0 Å². The van der Waals surface area contributed by atoms with Crippen molar-refractivity contribution in [2.45, 2.75) is 21.5 Å². The summed E-state index contributed by atoms with van der Waals surface area (Å²) in [6.07, 6.45) is 0.177. The highest BCUT2D eigenvalue weighted by molar-refractivity contribution is 8.01. The largest absolute Gasteiger partial charge is 0.355 e. The number of carbonyl (C=O) groups excluding carboxylic acids is 2. The SMILES string of the molecule is O=C(C[C@H]1Sc2ccccc2NC1=O)NCCSc1ccc(Cl)cc1. The Morgan fingerprint density at radius 1 is 1.20 bits per heavy atom. The zero-order valence-electron chi connectivity index (χ0n) is 13.3. The van der Waals surface area contributed by atoms with E-state index in [0.717, 1.165) is 21.2 Å². The zero-order valence-corrected chi connectivity index (χ0v) is 15.7. The maximum Gasteiger partial charge on any atom is 0.238 e. The second kappa shape index (κ2) is 8.65. The van der Waals surface area contributed by atoms with E-state index in [0.29, 0.717) is 11.6 Å². The number of hydrogen-bond donors (Lipinski definition) is 2. The lowest BCUT2D eigenvalue weighted by Crippen LogP contribution is -2.35. The Morgan fingerprint density at radius 2 is 1.96 bits per heavy atom. The molecular weight excluding hydrogens is 376 g/mol. The van der Waals surface area contributed by atoms with Gasteiger partial charge in [0, 0.05) is 33.5 Å². The Morgan fingerprint density at radius 3 is 2.76 bits per heavy atom. The molecule has 2 aromatic rings. The van der Waals surface area contributed by atoms with Crippen LogP contribution in [0.2, 0.25) is 5.02 Å². The molecule has 2 aromatic carbocycles. The first kappa shape index (κ1) is 18.2. The number of amides is 2. The molecule has 0 bridgehead atoms. The van der Waals surface area contributed by atoms with Crippen LogP contribution in [0.5, 0.6) is 0 Å². The first-order valence-electron chi connectivity index (χ1n) is 7.83. The number of nitrogens with one attached hydrogen (secondary N) is 2. The number of thioether (sulfide) groups is 2. The smallest absolute Gasteiger partial charge is 0.238 e. The number of hydrogen-bond acceptors (Lipinski definition) is 4. The zero-order chi connectivity index (χ0) is 17.6. The van der Waals surface area contributed by atoms with Crippen LogP contribution in [0.1, 0.15) is 6.42 Å². The van der Waals surface area contributed by atoms with Crippen LogP contribution in [0.4, 0.5) is 5.69 Å². The molecule has 0 aliphatic carbocycles. The van der Waals surface area contributed by atoms with E-state index in [4.69, 9.17) is 11.6 Å². The van der Waals surface area contributed by atoms with Crippen molar-refractivity contribution in [2.24, 2.45) is 0 Å². The number of anilines is 1. The Labute approximate surface area is 160 Å². The summed E-state index contributed by atoms with van der Waals surface area (Å²) in [5, 5.41) is 6.05. The molecule has 2 amide bonds. The lowest BCUT2D eigenvalue weighted by Gasteiger charge is -2.23. The molecule has 7 heteroatoms. The van der Waals surface area contributed by atoms with Gasteiger partial charge in [-0.2, -0.15) is 0 Å². The fourth-order valence-corrected chi connectivity index (χ4v) is 4.36. The number of fused-ring (bicyclic) bond motifs is 1. The summed E-state index contributed by atoms with van der Waals surface area (Å²) in [7, 11) is 0. The molecular formula is C18H17ClN2O2S2. The monoisotopic (exact) mass is 392 g/mol. The van der Waals surface area contributed by atoms with E-state index in [1.54, 1.807) is 11.8 Å². The van der Waals surface area contributed by atoms with Gasteiger partial charge in [0.1, 0.15) is 0 Å². The maximum atomic E-state index is 12.1. The standard InChI is InChI=1S/C18H17ClN2O2S2/c19-12-5-7-13(8-6-12)24-10-9-20-17(22)11-16-18(23)21-14-3-1-2-4-15(14)25-16/h1-8,16H,9-11H2,(H,20,22)(H,21,23)/t16-/m1/s1. The van der Waals surface area contributed by atoms with Gasteiger partial charge in [0.05, 0.1) is 10.9 Å². The minimum Gasteiger partial charge on any atom is -0.355 e. The number of rotatable bonds is 6. The Kier molecular flexibility index (Phi) is 6.29. The minimum absolute atomic E-state index is 0.108. The van der Waals surface area contributed by atoms with Crippen molar-refractivity contribution in [2.75, 3.05) is 17.6 Å². The summed E-state index contributed by atoms with van der Waals surface area (Å²) in [6, 6.07) is 15.2. The third-order valence-corrected chi connectivity index (χ3v) is 6.12. The van der Waals surface area contributed by atoms with E-state index in [9.17, 15) is 9.59 Å². The molecule has 1 aliphatic rings. The molecule has 130 valence electrons. The van der Waals surface area contributed by atoms with Gasteiger partial charge in [-0.3, -0.25) is 9.59 Å². The average molecular weight is 393 g/mol. The lowest BCUT2D eigenvalue weighted by molar-refractivity contribution is -0.123. The molecule has 0 saturated carbocycles. The third kappa shape index (κ3) is 5.17. The molecule has 1 atom stereocenters. The van der Waals surface area contributed by atoms with Gasteiger partial charge in [0.15, 0.2) is 0 Å². The van der Waals surface area contributed by atoms with E-state index in [1.807, 2.05) is 48.5 Å². The molecule has 0 fully saturated rings. The summed E-state index contributed by atoms with van der Waals surface area (Å²) >= 11 is 8.94. The Balaban J connectivity index is 1.42. The van der Waals surface area contributed by atoms with Crippen LogP contribution in [0.15, 0.2) is 58.3 Å². The van der Waals surface area contributed by atoms with Crippen LogP contribution in [-0.4, -0.2) is 29.4 Å². The molecule has 0 radical (unpaired) electrons. The van der Waals surface area contributed by atoms with Crippen molar-refractivity contribution in [3.8, 4) is 0 Å². The van der Waals surface area contributed by atoms with Crippen LogP contribution >= 0.6 is 35.1 Å².